The molecule has 28 heavy (non-hydrogen) atoms. The number of carbonyl (C=O) groups excluding carboxylic acids is 1. The van der Waals surface area contributed by atoms with Crippen molar-refractivity contribution >= 4 is 17.2 Å². The number of nitrogens with zero attached hydrogens (tertiary/aromatic N) is 1. The van der Waals surface area contributed by atoms with Crippen LogP contribution in [0.5, 0.6) is 0 Å². The second kappa shape index (κ2) is 8.74. The van der Waals surface area contributed by atoms with Gasteiger partial charge in [-0.3, -0.25) is 4.79 Å². The minimum Gasteiger partial charge on any atom is -0.349 e. The molecule has 3 nitrogen and oxygen atoms in total. The summed E-state index contributed by atoms with van der Waals surface area (Å²) in [5.74, 6) is -0.267. The van der Waals surface area contributed by atoms with Crippen molar-refractivity contribution in [3.63, 3.8) is 0 Å². The molecule has 1 N–H and O–H groups in total. The zero-order chi connectivity index (χ0) is 19.3. The van der Waals surface area contributed by atoms with Crippen molar-refractivity contribution in [2.24, 2.45) is 0 Å². The van der Waals surface area contributed by atoms with Crippen LogP contribution in [0.3, 0.4) is 0 Å². The molecule has 1 amide bonds. The van der Waals surface area contributed by atoms with E-state index in [9.17, 15) is 9.18 Å². The first-order valence-electron chi connectivity index (χ1n) is 10.0. The zero-order valence-electron chi connectivity index (χ0n) is 15.9. The number of amides is 1. The van der Waals surface area contributed by atoms with Crippen LogP contribution in [-0.4, -0.2) is 16.5 Å². The molecule has 0 saturated heterocycles. The molecule has 1 aromatic carbocycles. The van der Waals surface area contributed by atoms with Crippen LogP contribution in [0.4, 0.5) is 4.39 Å². The van der Waals surface area contributed by atoms with Gasteiger partial charge in [0.25, 0.3) is 5.91 Å². The summed E-state index contributed by atoms with van der Waals surface area (Å²) in [7, 11) is 0. The summed E-state index contributed by atoms with van der Waals surface area (Å²) in [4.78, 5) is 13.9. The lowest BCUT2D eigenvalue weighted by Crippen LogP contribution is -2.35. The van der Waals surface area contributed by atoms with E-state index in [0.717, 1.165) is 29.7 Å². The molecule has 0 bridgehead atoms. The highest BCUT2D eigenvalue weighted by Crippen LogP contribution is 2.35. The number of hydrogen-bond acceptors (Lipinski definition) is 2. The Morgan fingerprint density at radius 2 is 1.64 bits per heavy atom. The second-order valence-electron chi connectivity index (χ2n) is 7.44. The molecular formula is C23H25FN2OS. The molecule has 0 atom stereocenters. The van der Waals surface area contributed by atoms with Crippen LogP contribution in [0.25, 0.3) is 16.8 Å². The van der Waals surface area contributed by atoms with Gasteiger partial charge in [0.1, 0.15) is 10.7 Å². The highest BCUT2D eigenvalue weighted by atomic mass is 32.1. The molecule has 0 radical (unpaired) electrons. The summed E-state index contributed by atoms with van der Waals surface area (Å²) in [6.07, 6.45) is 12.2. The molecule has 1 aliphatic carbocycles. The first-order chi connectivity index (χ1) is 13.7. The summed E-state index contributed by atoms with van der Waals surface area (Å²) in [5.41, 5.74) is 2.72. The maximum atomic E-state index is 13.4. The molecule has 0 spiro atoms. The van der Waals surface area contributed by atoms with Crippen molar-refractivity contribution in [1.29, 1.82) is 0 Å². The number of rotatable bonds is 4. The number of thiophene rings is 1. The number of hydrogen-bond donors (Lipinski definition) is 1. The van der Waals surface area contributed by atoms with Gasteiger partial charge in [0.2, 0.25) is 0 Å². The van der Waals surface area contributed by atoms with Crippen molar-refractivity contribution in [3.8, 4) is 16.8 Å². The van der Waals surface area contributed by atoms with E-state index in [2.05, 4.69) is 5.32 Å². The molecule has 1 fully saturated rings. The molecule has 146 valence electrons. The van der Waals surface area contributed by atoms with Crippen LogP contribution in [0, 0.1) is 5.82 Å². The first-order valence-corrected chi connectivity index (χ1v) is 10.9. The number of aromatic nitrogens is 1. The Balaban J connectivity index is 1.65. The molecule has 2 aromatic heterocycles. The lowest BCUT2D eigenvalue weighted by atomic mass is 9.96. The van der Waals surface area contributed by atoms with Gasteiger partial charge in [-0.25, -0.2) is 4.39 Å². The number of carbonyl (C=O) groups is 1. The van der Waals surface area contributed by atoms with Crippen molar-refractivity contribution in [2.45, 2.75) is 51.0 Å². The van der Waals surface area contributed by atoms with Gasteiger partial charge in [0.15, 0.2) is 0 Å². The molecule has 1 aliphatic rings. The Morgan fingerprint density at radius 1 is 1.00 bits per heavy atom. The molecule has 0 unspecified atom stereocenters. The van der Waals surface area contributed by atoms with Gasteiger partial charge in [0, 0.05) is 29.4 Å². The highest BCUT2D eigenvalue weighted by Gasteiger charge is 2.23. The molecular weight excluding hydrogens is 371 g/mol. The van der Waals surface area contributed by atoms with Crippen molar-refractivity contribution < 1.29 is 9.18 Å². The Labute approximate surface area is 169 Å². The quantitative estimate of drug-likeness (QED) is 0.561. The average molecular weight is 397 g/mol. The van der Waals surface area contributed by atoms with Gasteiger partial charge in [0.05, 0.1) is 5.69 Å². The lowest BCUT2D eigenvalue weighted by Gasteiger charge is -2.21. The van der Waals surface area contributed by atoms with E-state index in [-0.39, 0.29) is 17.8 Å². The van der Waals surface area contributed by atoms with Crippen molar-refractivity contribution in [3.05, 3.63) is 64.9 Å². The van der Waals surface area contributed by atoms with E-state index in [0.29, 0.717) is 4.88 Å². The second-order valence-corrected chi connectivity index (χ2v) is 8.32. The maximum Gasteiger partial charge on any atom is 0.263 e. The molecule has 2 heterocycles. The lowest BCUT2D eigenvalue weighted by molar-refractivity contribution is 0.0934. The zero-order valence-corrected chi connectivity index (χ0v) is 16.7. The van der Waals surface area contributed by atoms with Crippen LogP contribution in [0.15, 0.2) is 54.2 Å². The Kier molecular flexibility index (Phi) is 5.91. The minimum atomic E-state index is -0.260. The Bertz CT molecular complexity index is 907. The normalized spacial score (nSPS) is 15.8. The van der Waals surface area contributed by atoms with Gasteiger partial charge >= 0.3 is 0 Å². The summed E-state index contributed by atoms with van der Waals surface area (Å²) in [5, 5.41) is 5.27. The van der Waals surface area contributed by atoms with E-state index in [1.165, 1.54) is 55.6 Å². The standard InChI is InChI=1S/C23H25FN2OS/c24-18-12-10-17(11-13-18)20-16-28-22(21(20)26-14-6-7-15-26)23(27)25-19-8-4-2-1-3-5-9-19/h6-7,10-16,19H,1-5,8-9H2,(H,25,27). The number of benzene rings is 1. The maximum absolute atomic E-state index is 13.4. The third-order valence-corrected chi connectivity index (χ3v) is 6.40. The highest BCUT2D eigenvalue weighted by molar-refractivity contribution is 7.13. The predicted molar refractivity (Wildman–Crippen MR) is 113 cm³/mol. The third kappa shape index (κ3) is 4.20. The van der Waals surface area contributed by atoms with Crippen LogP contribution in [-0.2, 0) is 0 Å². The van der Waals surface area contributed by atoms with Crippen molar-refractivity contribution in [1.82, 2.24) is 9.88 Å². The molecule has 0 aliphatic heterocycles. The smallest absolute Gasteiger partial charge is 0.263 e. The topological polar surface area (TPSA) is 34.0 Å². The van der Waals surface area contributed by atoms with E-state index < -0.39 is 0 Å². The van der Waals surface area contributed by atoms with E-state index in [1.807, 2.05) is 34.5 Å². The Morgan fingerprint density at radius 3 is 2.32 bits per heavy atom. The third-order valence-electron chi connectivity index (χ3n) is 5.43. The van der Waals surface area contributed by atoms with E-state index >= 15 is 0 Å². The van der Waals surface area contributed by atoms with Gasteiger partial charge in [-0.05, 0) is 42.7 Å². The molecule has 3 aromatic rings. The fraction of sp³-hybridized carbons (Fsp3) is 0.348. The van der Waals surface area contributed by atoms with Gasteiger partial charge in [-0.2, -0.15) is 0 Å². The number of nitrogens with one attached hydrogen (secondary N) is 1. The predicted octanol–water partition coefficient (Wildman–Crippen LogP) is 6.19. The van der Waals surface area contributed by atoms with Gasteiger partial charge in [-0.1, -0.05) is 44.2 Å². The summed E-state index contributed by atoms with van der Waals surface area (Å²) >= 11 is 1.45. The Hall–Kier alpha value is -2.40. The van der Waals surface area contributed by atoms with Gasteiger partial charge in [-0.15, -0.1) is 11.3 Å². The SMILES string of the molecule is O=C(NC1CCCCCCC1)c1scc(-c2ccc(F)cc2)c1-n1cccc1. The fourth-order valence-electron chi connectivity index (χ4n) is 3.94. The minimum absolute atomic E-state index is 0.00682. The monoisotopic (exact) mass is 396 g/mol. The summed E-state index contributed by atoms with van der Waals surface area (Å²) in [6, 6.07) is 10.6. The molecule has 5 heteroatoms. The summed E-state index contributed by atoms with van der Waals surface area (Å²) < 4.78 is 15.3. The summed E-state index contributed by atoms with van der Waals surface area (Å²) in [6.45, 7) is 0. The van der Waals surface area contributed by atoms with Crippen molar-refractivity contribution in [2.75, 3.05) is 0 Å². The van der Waals surface area contributed by atoms with E-state index in [4.69, 9.17) is 0 Å². The first kappa shape index (κ1) is 18.9. The molecule has 1 saturated carbocycles. The van der Waals surface area contributed by atoms with Gasteiger partial charge < -0.3 is 9.88 Å². The van der Waals surface area contributed by atoms with Crippen LogP contribution in [0.1, 0.15) is 54.6 Å². The van der Waals surface area contributed by atoms with Crippen LogP contribution in [0.2, 0.25) is 0 Å². The van der Waals surface area contributed by atoms with Crippen LogP contribution < -0.4 is 5.32 Å². The average Bonchev–Trinajstić information content (AvgIpc) is 3.33. The van der Waals surface area contributed by atoms with E-state index in [1.54, 1.807) is 12.1 Å². The number of halogens is 1. The van der Waals surface area contributed by atoms with Crippen LogP contribution >= 0.6 is 11.3 Å². The fourth-order valence-corrected chi connectivity index (χ4v) is 4.91. The molecule has 4 rings (SSSR count). The largest absolute Gasteiger partial charge is 0.349 e.